The molecule has 0 aromatic heterocycles. The minimum Gasteiger partial charge on any atom is -0.370 e. The second kappa shape index (κ2) is 7.26. The molecule has 1 amide bonds. The van der Waals surface area contributed by atoms with Crippen LogP contribution in [0.15, 0.2) is 0 Å². The van der Waals surface area contributed by atoms with E-state index in [9.17, 15) is 18.0 Å². The molecule has 0 aliphatic carbocycles. The zero-order valence-corrected chi connectivity index (χ0v) is 12.2. The van der Waals surface area contributed by atoms with Crippen molar-refractivity contribution in [1.82, 2.24) is 10.2 Å². The predicted octanol–water partition coefficient (Wildman–Crippen LogP) is 1.80. The molecule has 1 aliphatic heterocycles. The van der Waals surface area contributed by atoms with Gasteiger partial charge in [-0.15, -0.1) is 0 Å². The van der Waals surface area contributed by atoms with Crippen molar-refractivity contribution >= 4 is 5.91 Å². The average molecular weight is 296 g/mol. The molecule has 1 rings (SSSR count). The van der Waals surface area contributed by atoms with E-state index in [0.717, 1.165) is 20.2 Å². The summed E-state index contributed by atoms with van der Waals surface area (Å²) in [5, 5.41) is 2.35. The number of hydrogen-bond acceptors (Lipinski definition) is 3. The minimum atomic E-state index is -4.46. The van der Waals surface area contributed by atoms with Crippen LogP contribution in [-0.4, -0.2) is 55.9 Å². The van der Waals surface area contributed by atoms with Gasteiger partial charge in [-0.1, -0.05) is 0 Å². The number of likely N-dealkylation sites (tertiary alicyclic amines) is 1. The molecule has 1 aliphatic rings. The Morgan fingerprint density at radius 3 is 2.30 bits per heavy atom. The largest absolute Gasteiger partial charge is 0.416 e. The second-order valence-corrected chi connectivity index (χ2v) is 5.42. The maximum Gasteiger partial charge on any atom is 0.416 e. The molecule has 0 radical (unpaired) electrons. The van der Waals surface area contributed by atoms with Crippen molar-refractivity contribution in [3.05, 3.63) is 0 Å². The van der Waals surface area contributed by atoms with E-state index in [1.54, 1.807) is 0 Å². The summed E-state index contributed by atoms with van der Waals surface area (Å²) >= 11 is 0. The first-order chi connectivity index (χ1) is 9.25. The Kier molecular flexibility index (Phi) is 6.26. The van der Waals surface area contributed by atoms with Crippen LogP contribution in [-0.2, 0) is 9.53 Å². The van der Waals surface area contributed by atoms with Crippen molar-refractivity contribution in [2.45, 2.75) is 45.0 Å². The molecule has 1 saturated heterocycles. The lowest BCUT2D eigenvalue weighted by molar-refractivity contribution is -0.210. The monoisotopic (exact) mass is 296 g/mol. The minimum absolute atomic E-state index is 0.198. The van der Waals surface area contributed by atoms with Crippen molar-refractivity contribution in [3.8, 4) is 0 Å². The zero-order valence-electron chi connectivity index (χ0n) is 12.2. The highest BCUT2D eigenvalue weighted by Gasteiger charge is 2.40. The molecule has 1 atom stereocenters. The Bertz CT molecular complexity index is 313. The van der Waals surface area contributed by atoms with E-state index in [1.807, 2.05) is 0 Å². The molecule has 0 bridgehead atoms. The third-order valence-corrected chi connectivity index (χ3v) is 3.74. The normalized spacial score (nSPS) is 20.1. The van der Waals surface area contributed by atoms with Crippen molar-refractivity contribution < 1.29 is 22.7 Å². The highest BCUT2D eigenvalue weighted by atomic mass is 19.4. The van der Waals surface area contributed by atoms with Gasteiger partial charge in [0.05, 0.1) is 6.54 Å². The van der Waals surface area contributed by atoms with Crippen LogP contribution in [0.1, 0.15) is 26.7 Å². The van der Waals surface area contributed by atoms with Gasteiger partial charge in [0.1, 0.15) is 0 Å². The lowest BCUT2D eigenvalue weighted by atomic mass is 9.95. The molecule has 4 nitrogen and oxygen atoms in total. The lowest BCUT2D eigenvalue weighted by Gasteiger charge is -2.34. The summed E-state index contributed by atoms with van der Waals surface area (Å²) in [6, 6.07) is 0.433. The highest BCUT2D eigenvalue weighted by molar-refractivity contribution is 5.78. The van der Waals surface area contributed by atoms with E-state index in [-0.39, 0.29) is 11.8 Å². The average Bonchev–Trinajstić information content (AvgIpc) is 2.37. The van der Waals surface area contributed by atoms with Crippen molar-refractivity contribution in [3.63, 3.8) is 0 Å². The SMILES string of the molecule is COC(CNC(=O)C1CCN(C(C)C)CC1)C(F)(F)F. The topological polar surface area (TPSA) is 41.6 Å². The van der Waals surface area contributed by atoms with Crippen LogP contribution >= 0.6 is 0 Å². The van der Waals surface area contributed by atoms with Gasteiger partial charge in [-0.25, -0.2) is 0 Å². The number of amides is 1. The summed E-state index contributed by atoms with van der Waals surface area (Å²) in [6.45, 7) is 5.27. The number of alkyl halides is 3. The molecule has 0 spiro atoms. The Morgan fingerprint density at radius 2 is 1.90 bits per heavy atom. The molecular formula is C13H23F3N2O2. The fourth-order valence-electron chi connectivity index (χ4n) is 2.35. The molecule has 0 aromatic rings. The third kappa shape index (κ3) is 4.94. The molecule has 1 heterocycles. The molecule has 118 valence electrons. The molecule has 1 fully saturated rings. The summed E-state index contributed by atoms with van der Waals surface area (Å²) in [7, 11) is 0.992. The quantitative estimate of drug-likeness (QED) is 0.841. The Balaban J connectivity index is 2.37. The molecule has 7 heteroatoms. The van der Waals surface area contributed by atoms with Crippen LogP contribution < -0.4 is 5.32 Å². The number of ether oxygens (including phenoxy) is 1. The van der Waals surface area contributed by atoms with Crippen LogP contribution in [0.5, 0.6) is 0 Å². The van der Waals surface area contributed by atoms with E-state index in [2.05, 4.69) is 28.8 Å². The Labute approximate surface area is 117 Å². The molecular weight excluding hydrogens is 273 g/mol. The standard InChI is InChI=1S/C13H23F3N2O2/c1-9(2)18-6-4-10(5-7-18)12(19)17-8-11(20-3)13(14,15)16/h9-11H,4-8H2,1-3H3,(H,17,19). The van der Waals surface area contributed by atoms with Gasteiger partial charge in [-0.2, -0.15) is 13.2 Å². The summed E-state index contributed by atoms with van der Waals surface area (Å²) in [5.74, 6) is -0.504. The van der Waals surface area contributed by atoms with Gasteiger partial charge in [-0.3, -0.25) is 4.79 Å². The molecule has 1 unspecified atom stereocenters. The summed E-state index contributed by atoms with van der Waals surface area (Å²) in [4.78, 5) is 14.1. The highest BCUT2D eigenvalue weighted by Crippen LogP contribution is 2.22. The fourth-order valence-corrected chi connectivity index (χ4v) is 2.35. The number of methoxy groups -OCH3 is 1. The van der Waals surface area contributed by atoms with Gasteiger partial charge in [0, 0.05) is 19.1 Å². The lowest BCUT2D eigenvalue weighted by Crippen LogP contribution is -2.46. The number of piperidine rings is 1. The van der Waals surface area contributed by atoms with Gasteiger partial charge in [0.2, 0.25) is 5.91 Å². The van der Waals surface area contributed by atoms with E-state index in [1.165, 1.54) is 0 Å². The maximum atomic E-state index is 12.5. The molecule has 0 aromatic carbocycles. The molecule has 1 N–H and O–H groups in total. The number of rotatable bonds is 5. The van der Waals surface area contributed by atoms with E-state index in [4.69, 9.17) is 0 Å². The molecule has 0 saturated carbocycles. The smallest absolute Gasteiger partial charge is 0.370 e. The van der Waals surface area contributed by atoms with Crippen molar-refractivity contribution in [2.24, 2.45) is 5.92 Å². The van der Waals surface area contributed by atoms with E-state index >= 15 is 0 Å². The van der Waals surface area contributed by atoms with Crippen LogP contribution in [0.3, 0.4) is 0 Å². The van der Waals surface area contributed by atoms with Gasteiger partial charge >= 0.3 is 6.18 Å². The first kappa shape index (κ1) is 17.2. The number of nitrogens with zero attached hydrogens (tertiary/aromatic N) is 1. The number of hydrogen-bond donors (Lipinski definition) is 1. The van der Waals surface area contributed by atoms with Crippen LogP contribution in [0, 0.1) is 5.92 Å². The third-order valence-electron chi connectivity index (χ3n) is 3.74. The van der Waals surface area contributed by atoms with Crippen LogP contribution in [0.25, 0.3) is 0 Å². The van der Waals surface area contributed by atoms with Gasteiger partial charge in [0.15, 0.2) is 6.10 Å². The number of carbonyl (C=O) groups excluding carboxylic acids is 1. The number of halogens is 3. The number of carbonyl (C=O) groups is 1. The van der Waals surface area contributed by atoms with Crippen molar-refractivity contribution in [2.75, 3.05) is 26.7 Å². The zero-order chi connectivity index (χ0) is 15.3. The predicted molar refractivity (Wildman–Crippen MR) is 69.3 cm³/mol. The summed E-state index contributed by atoms with van der Waals surface area (Å²) < 4.78 is 41.8. The summed E-state index contributed by atoms with van der Waals surface area (Å²) in [5.41, 5.74) is 0. The maximum absolute atomic E-state index is 12.5. The van der Waals surface area contributed by atoms with Crippen LogP contribution in [0.4, 0.5) is 13.2 Å². The summed E-state index contributed by atoms with van der Waals surface area (Å²) in [6.07, 6.45) is -5.02. The first-order valence-corrected chi connectivity index (χ1v) is 6.87. The van der Waals surface area contributed by atoms with E-state index in [0.29, 0.717) is 18.9 Å². The van der Waals surface area contributed by atoms with E-state index < -0.39 is 18.8 Å². The first-order valence-electron chi connectivity index (χ1n) is 6.87. The van der Waals surface area contributed by atoms with Gasteiger partial charge < -0.3 is 15.0 Å². The van der Waals surface area contributed by atoms with Crippen molar-refractivity contribution in [1.29, 1.82) is 0 Å². The number of nitrogens with one attached hydrogen (secondary N) is 1. The molecule has 20 heavy (non-hydrogen) atoms. The Morgan fingerprint density at radius 1 is 1.35 bits per heavy atom. The Hall–Kier alpha value is -0.820. The fraction of sp³-hybridized carbons (Fsp3) is 0.923. The van der Waals surface area contributed by atoms with Gasteiger partial charge in [0.25, 0.3) is 0 Å². The second-order valence-electron chi connectivity index (χ2n) is 5.42. The van der Waals surface area contributed by atoms with Crippen LogP contribution in [0.2, 0.25) is 0 Å². The van der Waals surface area contributed by atoms with Gasteiger partial charge in [-0.05, 0) is 39.8 Å².